The Morgan fingerprint density at radius 3 is 2.83 bits per heavy atom. The number of fused-ring (bicyclic) bond motifs is 1. The van der Waals surface area contributed by atoms with Crippen molar-refractivity contribution in [3.05, 3.63) is 64.0 Å². The molecule has 0 radical (unpaired) electrons. The molecule has 3 aromatic rings. The summed E-state index contributed by atoms with van der Waals surface area (Å²) in [4.78, 5) is 16.4. The van der Waals surface area contributed by atoms with Gasteiger partial charge in [0.2, 0.25) is 0 Å². The number of hydrogen-bond donors (Lipinski definition) is 0. The molecule has 0 saturated carbocycles. The number of rotatable bonds is 3. The molecule has 90 valence electrons. The van der Waals surface area contributed by atoms with Gasteiger partial charge in [-0.2, -0.15) is 0 Å². The minimum absolute atomic E-state index is 0.0610. The average Bonchev–Trinajstić information content (AvgIpc) is 2.88. The Hall–Kier alpha value is -1.94. The van der Waals surface area contributed by atoms with Gasteiger partial charge in [-0.3, -0.25) is 9.36 Å². The minimum Gasteiger partial charge on any atom is -0.298 e. The van der Waals surface area contributed by atoms with Gasteiger partial charge in [0.05, 0.1) is 11.8 Å². The van der Waals surface area contributed by atoms with Crippen molar-refractivity contribution in [3.8, 4) is 0 Å². The molecule has 0 fully saturated rings. The Kier molecular flexibility index (Phi) is 2.94. The zero-order chi connectivity index (χ0) is 12.4. The van der Waals surface area contributed by atoms with Crippen molar-refractivity contribution in [1.82, 2.24) is 9.55 Å². The largest absolute Gasteiger partial charge is 0.298 e. The van der Waals surface area contributed by atoms with E-state index >= 15 is 0 Å². The summed E-state index contributed by atoms with van der Waals surface area (Å²) in [5, 5.41) is 1.90. The molecular formula is C14H12N2OS. The predicted octanol–water partition coefficient (Wildman–Crippen LogP) is 2.70. The fraction of sp³-hybridized carbons (Fsp3) is 0.143. The van der Waals surface area contributed by atoms with Crippen LogP contribution in [0.25, 0.3) is 10.2 Å². The van der Waals surface area contributed by atoms with Gasteiger partial charge in [-0.25, -0.2) is 4.98 Å². The summed E-state index contributed by atoms with van der Waals surface area (Å²) < 4.78 is 2.43. The Balaban J connectivity index is 1.87. The Morgan fingerprint density at radius 1 is 1.17 bits per heavy atom. The highest BCUT2D eigenvalue weighted by Crippen LogP contribution is 2.13. The summed E-state index contributed by atoms with van der Waals surface area (Å²) in [6.45, 7) is 0.670. The summed E-state index contributed by atoms with van der Waals surface area (Å²) >= 11 is 1.45. The number of thiophene rings is 1. The number of hydrogen-bond acceptors (Lipinski definition) is 3. The van der Waals surface area contributed by atoms with Gasteiger partial charge in [-0.15, -0.1) is 11.3 Å². The molecule has 0 aliphatic heterocycles. The van der Waals surface area contributed by atoms with Crippen LogP contribution in [0.1, 0.15) is 5.56 Å². The normalized spacial score (nSPS) is 10.9. The molecule has 4 heteroatoms. The van der Waals surface area contributed by atoms with Gasteiger partial charge in [-0.1, -0.05) is 30.3 Å². The fourth-order valence-corrected chi connectivity index (χ4v) is 2.73. The van der Waals surface area contributed by atoms with Crippen LogP contribution in [-0.2, 0) is 13.0 Å². The van der Waals surface area contributed by atoms with Gasteiger partial charge in [-0.05, 0) is 23.4 Å². The van der Waals surface area contributed by atoms with Crippen LogP contribution in [0.2, 0.25) is 0 Å². The molecule has 0 aliphatic carbocycles. The molecule has 0 spiro atoms. The fourth-order valence-electron chi connectivity index (χ4n) is 1.93. The maximum absolute atomic E-state index is 12.1. The second-order valence-electron chi connectivity index (χ2n) is 4.11. The van der Waals surface area contributed by atoms with E-state index < -0.39 is 0 Å². The van der Waals surface area contributed by atoms with E-state index in [0.717, 1.165) is 16.6 Å². The minimum atomic E-state index is 0.0610. The lowest BCUT2D eigenvalue weighted by Crippen LogP contribution is -2.20. The molecule has 0 bridgehead atoms. The van der Waals surface area contributed by atoms with Crippen LogP contribution in [0.4, 0.5) is 0 Å². The molecule has 2 heterocycles. The van der Waals surface area contributed by atoms with Crippen LogP contribution in [0, 0.1) is 0 Å². The Morgan fingerprint density at radius 2 is 2.00 bits per heavy atom. The lowest BCUT2D eigenvalue weighted by Gasteiger charge is -2.05. The molecule has 1 aromatic carbocycles. The number of benzene rings is 1. The second kappa shape index (κ2) is 4.74. The molecular weight excluding hydrogens is 244 g/mol. The van der Waals surface area contributed by atoms with Crippen molar-refractivity contribution in [2.24, 2.45) is 0 Å². The highest BCUT2D eigenvalue weighted by molar-refractivity contribution is 7.17. The van der Waals surface area contributed by atoms with Crippen LogP contribution in [0.5, 0.6) is 0 Å². The third kappa shape index (κ3) is 2.07. The van der Waals surface area contributed by atoms with Gasteiger partial charge in [0.15, 0.2) is 0 Å². The Labute approximate surface area is 108 Å². The highest BCUT2D eigenvalue weighted by Gasteiger charge is 2.04. The third-order valence-corrected chi connectivity index (χ3v) is 3.81. The monoisotopic (exact) mass is 256 g/mol. The van der Waals surface area contributed by atoms with E-state index in [1.165, 1.54) is 16.9 Å². The maximum atomic E-state index is 12.1. The van der Waals surface area contributed by atoms with Crippen molar-refractivity contribution in [3.63, 3.8) is 0 Å². The van der Waals surface area contributed by atoms with E-state index in [1.807, 2.05) is 29.6 Å². The standard InChI is InChI=1S/C14H12N2OS/c17-14-13-12(7-9-18-13)15-10-16(14)8-6-11-4-2-1-3-5-11/h1-5,7,9-10H,6,8H2. The summed E-state index contributed by atoms with van der Waals surface area (Å²) in [5.74, 6) is 0. The van der Waals surface area contributed by atoms with E-state index in [1.54, 1.807) is 10.9 Å². The topological polar surface area (TPSA) is 34.9 Å². The first-order chi connectivity index (χ1) is 8.84. The van der Waals surface area contributed by atoms with Gasteiger partial charge in [0.1, 0.15) is 4.70 Å². The third-order valence-electron chi connectivity index (χ3n) is 2.92. The van der Waals surface area contributed by atoms with Crippen LogP contribution in [-0.4, -0.2) is 9.55 Å². The van der Waals surface area contributed by atoms with Crippen LogP contribution in [0.15, 0.2) is 52.9 Å². The molecule has 3 nitrogen and oxygen atoms in total. The van der Waals surface area contributed by atoms with E-state index in [2.05, 4.69) is 17.1 Å². The van der Waals surface area contributed by atoms with Gasteiger partial charge < -0.3 is 0 Å². The van der Waals surface area contributed by atoms with Gasteiger partial charge in [0.25, 0.3) is 5.56 Å². The molecule has 2 aromatic heterocycles. The highest BCUT2D eigenvalue weighted by atomic mass is 32.1. The number of nitrogens with zero attached hydrogens (tertiary/aromatic N) is 2. The van der Waals surface area contributed by atoms with Crippen molar-refractivity contribution in [2.45, 2.75) is 13.0 Å². The average molecular weight is 256 g/mol. The summed E-state index contributed by atoms with van der Waals surface area (Å²) in [6, 6.07) is 12.0. The Bertz CT molecular complexity index is 715. The molecule has 3 rings (SSSR count). The summed E-state index contributed by atoms with van der Waals surface area (Å²) in [6.07, 6.45) is 2.49. The van der Waals surface area contributed by atoms with E-state index in [4.69, 9.17) is 0 Å². The second-order valence-corrected chi connectivity index (χ2v) is 5.03. The van der Waals surface area contributed by atoms with Crippen LogP contribution in [0.3, 0.4) is 0 Å². The predicted molar refractivity (Wildman–Crippen MR) is 74.0 cm³/mol. The smallest absolute Gasteiger partial charge is 0.271 e. The van der Waals surface area contributed by atoms with Crippen LogP contribution < -0.4 is 5.56 Å². The van der Waals surface area contributed by atoms with Gasteiger partial charge in [0, 0.05) is 6.54 Å². The number of aryl methyl sites for hydroxylation is 2. The first-order valence-corrected chi connectivity index (χ1v) is 6.69. The maximum Gasteiger partial charge on any atom is 0.271 e. The number of aromatic nitrogens is 2. The van der Waals surface area contributed by atoms with Crippen molar-refractivity contribution >= 4 is 21.6 Å². The van der Waals surface area contributed by atoms with Crippen LogP contribution >= 0.6 is 11.3 Å². The zero-order valence-corrected chi connectivity index (χ0v) is 10.6. The SMILES string of the molecule is O=c1c2sccc2ncn1CCc1ccccc1. The molecule has 0 saturated heterocycles. The van der Waals surface area contributed by atoms with E-state index in [0.29, 0.717) is 6.54 Å². The molecule has 0 atom stereocenters. The van der Waals surface area contributed by atoms with E-state index in [-0.39, 0.29) is 5.56 Å². The molecule has 0 amide bonds. The van der Waals surface area contributed by atoms with Crippen molar-refractivity contribution < 1.29 is 0 Å². The lowest BCUT2D eigenvalue weighted by atomic mass is 10.1. The molecule has 18 heavy (non-hydrogen) atoms. The first-order valence-electron chi connectivity index (χ1n) is 5.81. The van der Waals surface area contributed by atoms with E-state index in [9.17, 15) is 4.79 Å². The quantitative estimate of drug-likeness (QED) is 0.722. The zero-order valence-electron chi connectivity index (χ0n) is 9.74. The molecule has 0 aliphatic rings. The molecule has 0 unspecified atom stereocenters. The summed E-state index contributed by atoms with van der Waals surface area (Å²) in [5.41, 5.74) is 2.09. The first kappa shape index (κ1) is 11.2. The van der Waals surface area contributed by atoms with Crippen molar-refractivity contribution in [1.29, 1.82) is 0 Å². The molecule has 0 N–H and O–H groups in total. The lowest BCUT2D eigenvalue weighted by molar-refractivity contribution is 0.663. The van der Waals surface area contributed by atoms with Crippen molar-refractivity contribution in [2.75, 3.05) is 0 Å². The summed E-state index contributed by atoms with van der Waals surface area (Å²) in [7, 11) is 0. The van der Waals surface area contributed by atoms with Gasteiger partial charge >= 0.3 is 0 Å².